The summed E-state index contributed by atoms with van der Waals surface area (Å²) in [6.07, 6.45) is 2.69. The molecular formula is C39H47N5O5S. The van der Waals surface area contributed by atoms with Gasteiger partial charge in [-0.3, -0.25) is 13.9 Å². The second kappa shape index (κ2) is 18.2. The SMILES string of the molecule is CC(NC(=O)c1cc(C(=O)NC(Cc2ccccc2)CC(C=O)NCCN(C)Cc2ccccc2)cc(N(C)S(C)(=O)=O)c1)c1ccccc1. The normalized spacial score (nSPS) is 13.2. The number of anilines is 1. The lowest BCUT2D eigenvalue weighted by molar-refractivity contribution is -0.109. The van der Waals surface area contributed by atoms with Crippen molar-refractivity contribution in [1.82, 2.24) is 20.9 Å². The highest BCUT2D eigenvalue weighted by Gasteiger charge is 2.23. The molecule has 0 fully saturated rings. The van der Waals surface area contributed by atoms with Crippen molar-refractivity contribution in [2.75, 3.05) is 37.7 Å². The van der Waals surface area contributed by atoms with E-state index in [4.69, 9.17) is 0 Å². The molecule has 0 heterocycles. The van der Waals surface area contributed by atoms with Gasteiger partial charge in [0, 0.05) is 43.9 Å². The van der Waals surface area contributed by atoms with Crippen molar-refractivity contribution in [2.45, 2.75) is 44.4 Å². The van der Waals surface area contributed by atoms with Crippen molar-refractivity contribution in [2.24, 2.45) is 0 Å². The zero-order valence-corrected chi connectivity index (χ0v) is 29.9. The van der Waals surface area contributed by atoms with Crippen molar-refractivity contribution in [3.8, 4) is 0 Å². The summed E-state index contributed by atoms with van der Waals surface area (Å²) in [4.78, 5) is 41.8. The number of benzene rings is 4. The van der Waals surface area contributed by atoms with Crippen LogP contribution >= 0.6 is 0 Å². The summed E-state index contributed by atoms with van der Waals surface area (Å²) in [5, 5.41) is 9.33. The van der Waals surface area contributed by atoms with Crippen LogP contribution in [0.4, 0.5) is 5.69 Å². The van der Waals surface area contributed by atoms with E-state index in [9.17, 15) is 22.8 Å². The average Bonchev–Trinajstić information content (AvgIpc) is 3.11. The predicted octanol–water partition coefficient (Wildman–Crippen LogP) is 4.59. The summed E-state index contributed by atoms with van der Waals surface area (Å²) in [7, 11) is -0.309. The number of rotatable bonds is 18. The Morgan fingerprint density at radius 1 is 0.780 bits per heavy atom. The van der Waals surface area contributed by atoms with Crippen LogP contribution in [0.5, 0.6) is 0 Å². The fourth-order valence-corrected chi connectivity index (χ4v) is 6.11. The van der Waals surface area contributed by atoms with Crippen molar-refractivity contribution in [3.63, 3.8) is 0 Å². The Balaban J connectivity index is 1.52. The third-order valence-corrected chi connectivity index (χ3v) is 9.71. The molecule has 4 aromatic rings. The smallest absolute Gasteiger partial charge is 0.251 e. The lowest BCUT2D eigenvalue weighted by Crippen LogP contribution is -2.44. The van der Waals surface area contributed by atoms with Gasteiger partial charge in [-0.15, -0.1) is 0 Å². The van der Waals surface area contributed by atoms with E-state index >= 15 is 0 Å². The molecule has 50 heavy (non-hydrogen) atoms. The monoisotopic (exact) mass is 697 g/mol. The Bertz CT molecular complexity index is 1810. The maximum absolute atomic E-state index is 13.9. The van der Waals surface area contributed by atoms with Gasteiger partial charge in [-0.05, 0) is 61.7 Å². The maximum atomic E-state index is 13.9. The van der Waals surface area contributed by atoms with Crippen LogP contribution in [-0.2, 0) is 27.8 Å². The van der Waals surface area contributed by atoms with E-state index in [1.54, 1.807) is 0 Å². The van der Waals surface area contributed by atoms with Gasteiger partial charge in [0.15, 0.2) is 0 Å². The van der Waals surface area contributed by atoms with E-state index in [1.807, 2.05) is 92.8 Å². The molecule has 0 aliphatic heterocycles. The van der Waals surface area contributed by atoms with Crippen LogP contribution in [0, 0.1) is 0 Å². The van der Waals surface area contributed by atoms with Crippen LogP contribution in [0.3, 0.4) is 0 Å². The Morgan fingerprint density at radius 3 is 1.88 bits per heavy atom. The zero-order chi connectivity index (χ0) is 36.1. The quantitative estimate of drug-likeness (QED) is 0.130. The minimum Gasteiger partial charge on any atom is -0.349 e. The Hall–Kier alpha value is -4.84. The van der Waals surface area contributed by atoms with Gasteiger partial charge in [0.25, 0.3) is 11.8 Å². The number of hydrogen-bond acceptors (Lipinski definition) is 7. The van der Waals surface area contributed by atoms with E-state index < -0.39 is 33.9 Å². The summed E-state index contributed by atoms with van der Waals surface area (Å²) in [5.74, 6) is -0.950. The Morgan fingerprint density at radius 2 is 1.32 bits per heavy atom. The highest BCUT2D eigenvalue weighted by Crippen LogP contribution is 2.22. The van der Waals surface area contributed by atoms with E-state index in [2.05, 4.69) is 33.0 Å². The second-order valence-corrected chi connectivity index (χ2v) is 14.6. The van der Waals surface area contributed by atoms with Crippen LogP contribution in [-0.4, -0.2) is 76.9 Å². The number of likely N-dealkylation sites (N-methyl/N-ethyl adjacent to an activating group) is 1. The Kier molecular flexibility index (Phi) is 13.8. The van der Waals surface area contributed by atoms with Gasteiger partial charge >= 0.3 is 0 Å². The molecule has 0 aromatic heterocycles. The molecule has 2 amide bonds. The molecule has 10 nitrogen and oxygen atoms in total. The van der Waals surface area contributed by atoms with Crippen molar-refractivity contribution in [3.05, 3.63) is 137 Å². The molecule has 0 spiro atoms. The summed E-state index contributed by atoms with van der Waals surface area (Å²) in [6, 6.07) is 32.3. The first-order chi connectivity index (χ1) is 23.9. The summed E-state index contributed by atoms with van der Waals surface area (Å²) >= 11 is 0. The van der Waals surface area contributed by atoms with E-state index in [0.29, 0.717) is 25.9 Å². The number of amides is 2. The molecule has 4 rings (SSSR count). The predicted molar refractivity (Wildman–Crippen MR) is 199 cm³/mol. The van der Waals surface area contributed by atoms with Gasteiger partial charge in [-0.25, -0.2) is 8.42 Å². The number of nitrogens with zero attached hydrogens (tertiary/aromatic N) is 2. The van der Waals surface area contributed by atoms with Crippen molar-refractivity contribution < 1.29 is 22.8 Å². The molecule has 3 N–H and O–H groups in total. The second-order valence-electron chi connectivity index (χ2n) is 12.6. The molecule has 264 valence electrons. The van der Waals surface area contributed by atoms with Crippen LogP contribution in [0.25, 0.3) is 0 Å². The fourth-order valence-electron chi connectivity index (χ4n) is 5.62. The van der Waals surface area contributed by atoms with E-state index in [1.165, 1.54) is 30.8 Å². The van der Waals surface area contributed by atoms with Crippen molar-refractivity contribution in [1.29, 1.82) is 0 Å². The molecule has 4 aromatic carbocycles. The largest absolute Gasteiger partial charge is 0.349 e. The summed E-state index contributed by atoms with van der Waals surface area (Å²) in [5.41, 5.74) is 3.50. The van der Waals surface area contributed by atoms with Crippen LogP contribution in [0.1, 0.15) is 56.8 Å². The fraction of sp³-hybridized carbons (Fsp3) is 0.308. The van der Waals surface area contributed by atoms with Gasteiger partial charge in [-0.2, -0.15) is 0 Å². The van der Waals surface area contributed by atoms with Gasteiger partial charge in [0.1, 0.15) is 6.29 Å². The first-order valence-electron chi connectivity index (χ1n) is 16.6. The highest BCUT2D eigenvalue weighted by atomic mass is 32.2. The van der Waals surface area contributed by atoms with Gasteiger partial charge in [0.05, 0.1) is 24.0 Å². The van der Waals surface area contributed by atoms with Crippen molar-refractivity contribution >= 4 is 33.8 Å². The molecule has 0 saturated heterocycles. The molecule has 0 saturated carbocycles. The number of sulfonamides is 1. The van der Waals surface area contributed by atoms with Crippen LogP contribution in [0.2, 0.25) is 0 Å². The molecular weight excluding hydrogens is 651 g/mol. The highest BCUT2D eigenvalue weighted by molar-refractivity contribution is 7.92. The standard InChI is InChI=1S/C39H47N5O5S/c1-29(32-18-12-7-13-19-32)41-38(46)33-23-34(25-37(24-33)44(3)50(4,48)49)39(47)42-35(22-30-14-8-5-9-15-30)26-36(28-45)40-20-21-43(2)27-31-16-10-6-11-17-31/h5-19,23-25,28-29,35-36,40H,20-22,26-27H2,1-4H3,(H,41,46)(H,42,47). The summed E-state index contributed by atoms with van der Waals surface area (Å²) in [6.45, 7) is 3.90. The number of aldehydes is 1. The molecule has 0 aliphatic rings. The van der Waals surface area contributed by atoms with Gasteiger partial charge in [-0.1, -0.05) is 91.0 Å². The molecule has 11 heteroatoms. The minimum absolute atomic E-state index is 0.117. The molecule has 3 atom stereocenters. The minimum atomic E-state index is -3.70. The lowest BCUT2D eigenvalue weighted by atomic mass is 9.98. The van der Waals surface area contributed by atoms with E-state index in [-0.39, 0.29) is 22.9 Å². The maximum Gasteiger partial charge on any atom is 0.251 e. The first-order valence-corrected chi connectivity index (χ1v) is 18.5. The van der Waals surface area contributed by atoms with Crippen LogP contribution in [0.15, 0.2) is 109 Å². The number of hydrogen-bond donors (Lipinski definition) is 3. The lowest BCUT2D eigenvalue weighted by Gasteiger charge is -2.24. The van der Waals surface area contributed by atoms with E-state index in [0.717, 1.165) is 34.5 Å². The number of carbonyl (C=O) groups is 3. The zero-order valence-electron chi connectivity index (χ0n) is 29.1. The third kappa shape index (κ3) is 11.6. The third-order valence-electron chi connectivity index (χ3n) is 8.51. The average molecular weight is 698 g/mol. The molecule has 0 radical (unpaired) electrons. The number of carbonyl (C=O) groups excluding carboxylic acids is 3. The Labute approximate surface area is 295 Å². The molecule has 0 bridgehead atoms. The molecule has 3 unspecified atom stereocenters. The topological polar surface area (TPSA) is 128 Å². The van der Waals surface area contributed by atoms with Gasteiger partial charge < -0.3 is 25.6 Å². The number of nitrogens with one attached hydrogen (secondary N) is 3. The summed E-state index contributed by atoms with van der Waals surface area (Å²) < 4.78 is 26.0. The first kappa shape index (κ1) is 38.0. The van der Waals surface area contributed by atoms with Gasteiger partial charge in [0.2, 0.25) is 10.0 Å². The van der Waals surface area contributed by atoms with Crippen LogP contribution < -0.4 is 20.3 Å². The molecule has 0 aliphatic carbocycles.